The fourth-order valence-electron chi connectivity index (χ4n) is 6.52. The zero-order valence-corrected chi connectivity index (χ0v) is 17.8. The second kappa shape index (κ2) is 8.46. The Morgan fingerprint density at radius 3 is 1.81 bits per heavy atom. The van der Waals surface area contributed by atoms with Gasteiger partial charge in [0.1, 0.15) is 0 Å². The van der Waals surface area contributed by atoms with Crippen LogP contribution in [0.15, 0.2) is 60.7 Å². The quantitative estimate of drug-likeness (QED) is 0.664. The van der Waals surface area contributed by atoms with Gasteiger partial charge in [0.15, 0.2) is 6.61 Å². The molecule has 31 heavy (non-hydrogen) atoms. The lowest BCUT2D eigenvalue weighted by Gasteiger charge is -2.55. The molecule has 2 amide bonds. The van der Waals surface area contributed by atoms with Crippen molar-refractivity contribution in [2.45, 2.75) is 44.6 Å². The fourth-order valence-corrected chi connectivity index (χ4v) is 6.52. The van der Waals surface area contributed by atoms with Gasteiger partial charge in [-0.3, -0.25) is 14.4 Å². The summed E-state index contributed by atoms with van der Waals surface area (Å²) in [6.07, 6.45) is 6.79. The van der Waals surface area contributed by atoms with Crippen LogP contribution in [0.4, 0.5) is 0 Å². The molecule has 2 aromatic rings. The van der Waals surface area contributed by atoms with E-state index in [1.54, 1.807) is 0 Å². The van der Waals surface area contributed by atoms with Crippen LogP contribution >= 0.6 is 0 Å². The van der Waals surface area contributed by atoms with Crippen LogP contribution in [0.2, 0.25) is 0 Å². The maximum absolute atomic E-state index is 13.0. The van der Waals surface area contributed by atoms with Crippen LogP contribution in [0.25, 0.3) is 0 Å². The minimum absolute atomic E-state index is 0.0259. The lowest BCUT2D eigenvalue weighted by atomic mass is 9.49. The molecule has 5 nitrogen and oxygen atoms in total. The monoisotopic (exact) mass is 418 g/mol. The van der Waals surface area contributed by atoms with Gasteiger partial charge in [-0.25, -0.2) is 5.48 Å². The third-order valence-corrected chi connectivity index (χ3v) is 7.46. The molecular formula is C26H30N2O3. The van der Waals surface area contributed by atoms with Crippen LogP contribution in [-0.2, 0) is 14.4 Å². The zero-order valence-electron chi connectivity index (χ0n) is 17.8. The number of rotatable bonds is 7. The first kappa shape index (κ1) is 20.3. The molecule has 4 aliphatic rings. The molecule has 0 saturated heterocycles. The molecule has 4 saturated carbocycles. The third kappa shape index (κ3) is 4.24. The second-order valence-corrected chi connectivity index (χ2v) is 9.74. The summed E-state index contributed by atoms with van der Waals surface area (Å²) in [5, 5.41) is 3.04. The average Bonchev–Trinajstić information content (AvgIpc) is 2.78. The number of nitrogens with one attached hydrogen (secondary N) is 2. The Bertz CT molecular complexity index is 853. The van der Waals surface area contributed by atoms with Gasteiger partial charge in [-0.1, -0.05) is 60.7 Å². The molecular weight excluding hydrogens is 388 g/mol. The number of carbonyl (C=O) groups excluding carboxylic acids is 2. The van der Waals surface area contributed by atoms with Gasteiger partial charge < -0.3 is 5.32 Å². The number of hydrogen-bond acceptors (Lipinski definition) is 3. The highest BCUT2D eigenvalue weighted by atomic mass is 16.7. The Balaban J connectivity index is 1.18. The minimum atomic E-state index is -0.276. The first-order valence-electron chi connectivity index (χ1n) is 11.4. The Hall–Kier alpha value is -2.66. The fraction of sp³-hybridized carbons (Fsp3) is 0.462. The predicted molar refractivity (Wildman–Crippen MR) is 118 cm³/mol. The Morgan fingerprint density at radius 2 is 1.32 bits per heavy atom. The Kier molecular flexibility index (Phi) is 5.53. The molecule has 0 atom stereocenters. The first-order chi connectivity index (χ1) is 15.1. The van der Waals surface area contributed by atoms with Crippen molar-refractivity contribution in [3.63, 3.8) is 0 Å². The zero-order chi connectivity index (χ0) is 21.3. The summed E-state index contributed by atoms with van der Waals surface area (Å²) < 4.78 is 0. The summed E-state index contributed by atoms with van der Waals surface area (Å²) in [4.78, 5) is 31.0. The lowest BCUT2D eigenvalue weighted by Crippen LogP contribution is -2.53. The molecule has 4 bridgehead atoms. The number of benzene rings is 2. The van der Waals surface area contributed by atoms with E-state index in [2.05, 4.69) is 10.8 Å². The van der Waals surface area contributed by atoms with E-state index in [9.17, 15) is 9.59 Å². The van der Waals surface area contributed by atoms with E-state index < -0.39 is 0 Å². The van der Waals surface area contributed by atoms with Crippen LogP contribution < -0.4 is 10.8 Å². The molecule has 0 heterocycles. The smallest absolute Gasteiger partial charge is 0.249 e. The summed E-state index contributed by atoms with van der Waals surface area (Å²) in [5.74, 6) is 1.79. The summed E-state index contributed by atoms with van der Waals surface area (Å²) in [7, 11) is 0. The van der Waals surface area contributed by atoms with E-state index in [4.69, 9.17) is 4.84 Å². The maximum Gasteiger partial charge on any atom is 0.249 e. The predicted octanol–water partition coefficient (Wildman–Crippen LogP) is 4.16. The normalized spacial score (nSPS) is 28.5. The highest BCUT2D eigenvalue weighted by Gasteiger charge is 2.54. The van der Waals surface area contributed by atoms with Crippen molar-refractivity contribution < 1.29 is 14.4 Å². The summed E-state index contributed by atoms with van der Waals surface area (Å²) in [5.41, 5.74) is 4.35. The van der Waals surface area contributed by atoms with Gasteiger partial charge in [-0.05, 0) is 67.4 Å². The van der Waals surface area contributed by atoms with Crippen LogP contribution in [-0.4, -0.2) is 18.4 Å². The molecule has 5 heteroatoms. The molecule has 2 aromatic carbocycles. The van der Waals surface area contributed by atoms with E-state index in [1.807, 2.05) is 60.7 Å². The summed E-state index contributed by atoms with van der Waals surface area (Å²) >= 11 is 0. The van der Waals surface area contributed by atoms with Crippen molar-refractivity contribution >= 4 is 11.8 Å². The summed E-state index contributed by atoms with van der Waals surface area (Å²) in [6.45, 7) is -0.200. The Morgan fingerprint density at radius 1 is 0.839 bits per heavy atom. The molecule has 6 rings (SSSR count). The van der Waals surface area contributed by atoms with Crippen molar-refractivity contribution in [1.29, 1.82) is 0 Å². The number of hydroxylamine groups is 1. The molecule has 0 unspecified atom stereocenters. The standard InChI is InChI=1S/C26H30N2O3/c29-23(27-24(21-7-3-1-4-8-21)22-9-5-2-6-10-22)17-31-28-25(30)26-14-18-11-19(15-26)13-20(12-18)16-26/h1-10,18-20,24H,11-17H2,(H,27,29)(H,28,30). The summed E-state index contributed by atoms with van der Waals surface area (Å²) in [6, 6.07) is 19.4. The van der Waals surface area contributed by atoms with Crippen molar-refractivity contribution in [2.24, 2.45) is 23.2 Å². The van der Waals surface area contributed by atoms with Gasteiger partial charge in [0.25, 0.3) is 0 Å². The van der Waals surface area contributed by atoms with Crippen molar-refractivity contribution in [2.75, 3.05) is 6.61 Å². The molecule has 0 aliphatic heterocycles. The van der Waals surface area contributed by atoms with Gasteiger partial charge >= 0.3 is 0 Å². The second-order valence-electron chi connectivity index (χ2n) is 9.74. The first-order valence-corrected chi connectivity index (χ1v) is 11.4. The van der Waals surface area contributed by atoms with E-state index in [1.165, 1.54) is 19.3 Å². The van der Waals surface area contributed by atoms with Gasteiger partial charge in [0.2, 0.25) is 11.8 Å². The number of amides is 2. The molecule has 4 aliphatic carbocycles. The van der Waals surface area contributed by atoms with E-state index >= 15 is 0 Å². The van der Waals surface area contributed by atoms with Crippen molar-refractivity contribution in [3.8, 4) is 0 Å². The van der Waals surface area contributed by atoms with E-state index in [0.717, 1.165) is 30.4 Å². The number of carbonyl (C=O) groups is 2. The van der Waals surface area contributed by atoms with Crippen molar-refractivity contribution in [3.05, 3.63) is 71.8 Å². The minimum Gasteiger partial charge on any atom is -0.343 e. The van der Waals surface area contributed by atoms with Crippen LogP contribution in [0.1, 0.15) is 55.7 Å². The highest BCUT2D eigenvalue weighted by Crippen LogP contribution is 2.60. The van der Waals surface area contributed by atoms with Crippen LogP contribution in [0.3, 0.4) is 0 Å². The van der Waals surface area contributed by atoms with Crippen LogP contribution in [0, 0.1) is 23.2 Å². The van der Waals surface area contributed by atoms with Gasteiger partial charge in [-0.2, -0.15) is 0 Å². The highest BCUT2D eigenvalue weighted by molar-refractivity contribution is 5.83. The third-order valence-electron chi connectivity index (χ3n) is 7.46. The molecule has 0 spiro atoms. The SMILES string of the molecule is O=C(CONC(=O)C12CC3CC(CC(C3)C1)C2)NC(c1ccccc1)c1ccccc1. The molecule has 0 aromatic heterocycles. The van der Waals surface area contributed by atoms with Gasteiger partial charge in [0.05, 0.1) is 11.5 Å². The van der Waals surface area contributed by atoms with Crippen LogP contribution in [0.5, 0.6) is 0 Å². The largest absolute Gasteiger partial charge is 0.343 e. The Labute approximate surface area is 183 Å². The van der Waals surface area contributed by atoms with E-state index in [-0.39, 0.29) is 29.9 Å². The average molecular weight is 419 g/mol. The lowest BCUT2D eigenvalue weighted by molar-refractivity contribution is -0.160. The topological polar surface area (TPSA) is 67.4 Å². The van der Waals surface area contributed by atoms with Gasteiger partial charge in [-0.15, -0.1) is 0 Å². The van der Waals surface area contributed by atoms with E-state index in [0.29, 0.717) is 17.8 Å². The number of hydrogen-bond donors (Lipinski definition) is 2. The molecule has 2 N–H and O–H groups in total. The molecule has 0 radical (unpaired) electrons. The molecule has 4 fully saturated rings. The van der Waals surface area contributed by atoms with Gasteiger partial charge in [0, 0.05) is 0 Å². The molecule has 162 valence electrons. The van der Waals surface area contributed by atoms with Crippen molar-refractivity contribution in [1.82, 2.24) is 10.8 Å². The maximum atomic E-state index is 13.0.